The van der Waals surface area contributed by atoms with Gasteiger partial charge in [-0.2, -0.15) is 5.26 Å². The van der Waals surface area contributed by atoms with Crippen molar-refractivity contribution in [1.29, 1.82) is 5.26 Å². The summed E-state index contributed by atoms with van der Waals surface area (Å²) in [6.07, 6.45) is 3.71. The highest BCUT2D eigenvalue weighted by atomic mass is 16.5. The molecule has 0 amide bonds. The van der Waals surface area contributed by atoms with Gasteiger partial charge in [-0.15, -0.1) is 0 Å². The number of benzene rings is 1. The number of nitriles is 1. The second-order valence-corrected chi connectivity index (χ2v) is 4.29. The van der Waals surface area contributed by atoms with Gasteiger partial charge in [0.1, 0.15) is 5.75 Å². The Morgan fingerprint density at radius 1 is 1.33 bits per heavy atom. The lowest BCUT2D eigenvalue weighted by molar-refractivity contribution is 0.317. The highest BCUT2D eigenvalue weighted by Crippen LogP contribution is 2.13. The molecule has 0 atom stereocenters. The lowest BCUT2D eigenvalue weighted by atomic mass is 10.2. The summed E-state index contributed by atoms with van der Waals surface area (Å²) >= 11 is 0. The molecule has 0 aliphatic rings. The number of hydrogen-bond acceptors (Lipinski definition) is 3. The van der Waals surface area contributed by atoms with Gasteiger partial charge in [0.2, 0.25) is 0 Å². The van der Waals surface area contributed by atoms with E-state index in [2.05, 4.69) is 30.4 Å². The number of rotatable bonds is 9. The SMILES string of the molecule is CCCOc1cccc(CNCCCCC#N)c1. The predicted molar refractivity (Wildman–Crippen MR) is 73.4 cm³/mol. The van der Waals surface area contributed by atoms with E-state index in [0.717, 1.165) is 44.7 Å². The second-order valence-electron chi connectivity index (χ2n) is 4.29. The number of nitrogens with zero attached hydrogens (tertiary/aromatic N) is 1. The molecule has 0 spiro atoms. The van der Waals surface area contributed by atoms with Gasteiger partial charge in [0.15, 0.2) is 0 Å². The Morgan fingerprint density at radius 2 is 2.22 bits per heavy atom. The Labute approximate surface area is 110 Å². The number of hydrogen-bond donors (Lipinski definition) is 1. The van der Waals surface area contributed by atoms with Crippen LogP contribution >= 0.6 is 0 Å². The minimum absolute atomic E-state index is 0.655. The van der Waals surface area contributed by atoms with Gasteiger partial charge < -0.3 is 10.1 Å². The van der Waals surface area contributed by atoms with Crippen LogP contribution in [-0.2, 0) is 6.54 Å². The fraction of sp³-hybridized carbons (Fsp3) is 0.533. The fourth-order valence-electron chi connectivity index (χ4n) is 1.65. The molecular formula is C15H22N2O. The van der Waals surface area contributed by atoms with Crippen LogP contribution in [0.4, 0.5) is 0 Å². The summed E-state index contributed by atoms with van der Waals surface area (Å²) in [6, 6.07) is 10.4. The molecule has 0 aromatic heterocycles. The van der Waals surface area contributed by atoms with E-state index in [-0.39, 0.29) is 0 Å². The van der Waals surface area contributed by atoms with E-state index in [1.807, 2.05) is 12.1 Å². The van der Waals surface area contributed by atoms with Crippen molar-refractivity contribution < 1.29 is 4.74 Å². The van der Waals surface area contributed by atoms with Gasteiger partial charge in [-0.05, 0) is 43.5 Å². The average molecular weight is 246 g/mol. The van der Waals surface area contributed by atoms with E-state index in [9.17, 15) is 0 Å². The second kappa shape index (κ2) is 9.49. The van der Waals surface area contributed by atoms with Crippen LogP contribution in [0.15, 0.2) is 24.3 Å². The lowest BCUT2D eigenvalue weighted by Crippen LogP contribution is -2.14. The Kier molecular flexibility index (Phi) is 7.66. The van der Waals surface area contributed by atoms with Gasteiger partial charge in [-0.1, -0.05) is 19.1 Å². The predicted octanol–water partition coefficient (Wildman–Crippen LogP) is 3.26. The molecule has 0 aliphatic heterocycles. The van der Waals surface area contributed by atoms with Gasteiger partial charge in [0.25, 0.3) is 0 Å². The highest BCUT2D eigenvalue weighted by molar-refractivity contribution is 5.28. The smallest absolute Gasteiger partial charge is 0.119 e. The summed E-state index contributed by atoms with van der Waals surface area (Å²) in [7, 11) is 0. The summed E-state index contributed by atoms with van der Waals surface area (Å²) in [4.78, 5) is 0. The standard InChI is InChI=1S/C15H22N2O/c1-2-11-18-15-8-6-7-14(12-15)13-17-10-5-3-4-9-16/h6-8,12,17H,2-5,10-11,13H2,1H3. The third-order valence-electron chi connectivity index (χ3n) is 2.59. The van der Waals surface area contributed by atoms with Crippen molar-refractivity contribution in [3.05, 3.63) is 29.8 Å². The van der Waals surface area contributed by atoms with Crippen LogP contribution in [0.25, 0.3) is 0 Å². The summed E-state index contributed by atoms with van der Waals surface area (Å²) in [5.74, 6) is 0.945. The molecule has 0 aliphatic carbocycles. The zero-order valence-electron chi connectivity index (χ0n) is 11.1. The van der Waals surface area contributed by atoms with Crippen molar-refractivity contribution in [1.82, 2.24) is 5.32 Å². The molecule has 0 radical (unpaired) electrons. The monoisotopic (exact) mass is 246 g/mol. The molecule has 1 rings (SSSR count). The Morgan fingerprint density at radius 3 is 3.00 bits per heavy atom. The first-order chi connectivity index (χ1) is 8.86. The molecular weight excluding hydrogens is 224 g/mol. The first-order valence-corrected chi connectivity index (χ1v) is 6.66. The molecule has 1 aromatic carbocycles. The van der Waals surface area contributed by atoms with Crippen LogP contribution in [0.3, 0.4) is 0 Å². The molecule has 3 nitrogen and oxygen atoms in total. The summed E-state index contributed by atoms with van der Waals surface area (Å²) in [5, 5.41) is 11.8. The molecule has 0 fully saturated rings. The molecule has 0 saturated carbocycles. The van der Waals surface area contributed by atoms with Gasteiger partial charge in [-0.3, -0.25) is 0 Å². The topological polar surface area (TPSA) is 45.0 Å². The number of unbranched alkanes of at least 4 members (excludes halogenated alkanes) is 2. The highest BCUT2D eigenvalue weighted by Gasteiger charge is 1.96. The lowest BCUT2D eigenvalue weighted by Gasteiger charge is -2.08. The molecule has 98 valence electrons. The van der Waals surface area contributed by atoms with Crippen molar-refractivity contribution in [3.63, 3.8) is 0 Å². The molecule has 0 saturated heterocycles. The van der Waals surface area contributed by atoms with Crippen molar-refractivity contribution in [2.45, 2.75) is 39.2 Å². The number of nitrogens with one attached hydrogen (secondary N) is 1. The fourth-order valence-corrected chi connectivity index (χ4v) is 1.65. The van der Waals surface area contributed by atoms with Gasteiger partial charge in [0, 0.05) is 13.0 Å². The Balaban J connectivity index is 2.23. The van der Waals surface area contributed by atoms with E-state index in [1.165, 1.54) is 5.56 Å². The molecule has 18 heavy (non-hydrogen) atoms. The molecule has 1 N–H and O–H groups in total. The van der Waals surface area contributed by atoms with E-state index in [0.29, 0.717) is 6.42 Å². The third-order valence-corrected chi connectivity index (χ3v) is 2.59. The molecule has 1 aromatic rings. The third kappa shape index (κ3) is 6.27. The van der Waals surface area contributed by atoms with Crippen LogP contribution in [0.1, 0.15) is 38.2 Å². The minimum atomic E-state index is 0.655. The zero-order valence-corrected chi connectivity index (χ0v) is 11.1. The van der Waals surface area contributed by atoms with E-state index in [4.69, 9.17) is 10.00 Å². The normalized spacial score (nSPS) is 10.0. The first-order valence-electron chi connectivity index (χ1n) is 6.66. The zero-order chi connectivity index (χ0) is 13.1. The Hall–Kier alpha value is -1.53. The van der Waals surface area contributed by atoms with Crippen molar-refractivity contribution in [2.24, 2.45) is 0 Å². The molecule has 0 heterocycles. The van der Waals surface area contributed by atoms with Crippen molar-refractivity contribution >= 4 is 0 Å². The maximum absolute atomic E-state index is 8.42. The van der Waals surface area contributed by atoms with Crippen molar-refractivity contribution in [2.75, 3.05) is 13.2 Å². The largest absolute Gasteiger partial charge is 0.494 e. The molecule has 0 unspecified atom stereocenters. The van der Waals surface area contributed by atoms with E-state index in [1.54, 1.807) is 0 Å². The minimum Gasteiger partial charge on any atom is -0.494 e. The summed E-state index contributed by atoms with van der Waals surface area (Å²) in [6.45, 7) is 4.69. The molecule has 0 bridgehead atoms. The maximum Gasteiger partial charge on any atom is 0.119 e. The van der Waals surface area contributed by atoms with Crippen LogP contribution in [0.5, 0.6) is 5.75 Å². The van der Waals surface area contributed by atoms with E-state index >= 15 is 0 Å². The van der Waals surface area contributed by atoms with E-state index < -0.39 is 0 Å². The quantitative estimate of drug-likeness (QED) is 0.680. The summed E-state index contributed by atoms with van der Waals surface area (Å²) < 4.78 is 5.59. The van der Waals surface area contributed by atoms with Crippen LogP contribution in [0, 0.1) is 11.3 Å². The van der Waals surface area contributed by atoms with Gasteiger partial charge >= 0.3 is 0 Å². The van der Waals surface area contributed by atoms with Gasteiger partial charge in [-0.25, -0.2) is 0 Å². The van der Waals surface area contributed by atoms with Crippen LogP contribution in [-0.4, -0.2) is 13.2 Å². The average Bonchev–Trinajstić information content (AvgIpc) is 2.41. The van der Waals surface area contributed by atoms with Crippen LogP contribution < -0.4 is 10.1 Å². The first kappa shape index (κ1) is 14.5. The van der Waals surface area contributed by atoms with Crippen molar-refractivity contribution in [3.8, 4) is 11.8 Å². The Bertz CT molecular complexity index is 371. The molecule has 3 heteroatoms. The summed E-state index contributed by atoms with van der Waals surface area (Å²) in [5.41, 5.74) is 1.24. The maximum atomic E-state index is 8.42. The van der Waals surface area contributed by atoms with Gasteiger partial charge in [0.05, 0.1) is 12.7 Å². The van der Waals surface area contributed by atoms with Crippen LogP contribution in [0.2, 0.25) is 0 Å². The number of ether oxygens (including phenoxy) is 1.